The van der Waals surface area contributed by atoms with E-state index in [4.69, 9.17) is 17.3 Å². The summed E-state index contributed by atoms with van der Waals surface area (Å²) >= 11 is 6.01. The van der Waals surface area contributed by atoms with E-state index in [-0.39, 0.29) is 6.54 Å². The van der Waals surface area contributed by atoms with Crippen LogP contribution in [-0.4, -0.2) is 5.91 Å². The molecule has 0 unspecified atom stereocenters. The van der Waals surface area contributed by atoms with Gasteiger partial charge in [-0.1, -0.05) is 17.7 Å². The molecule has 0 atom stereocenters. The van der Waals surface area contributed by atoms with Gasteiger partial charge in [0.2, 0.25) is 5.91 Å². The first-order valence-corrected chi connectivity index (χ1v) is 6.11. The summed E-state index contributed by atoms with van der Waals surface area (Å²) < 4.78 is 26.0. The molecule has 2 aromatic carbocycles. The van der Waals surface area contributed by atoms with E-state index in [0.717, 1.165) is 6.07 Å². The highest BCUT2D eigenvalue weighted by Crippen LogP contribution is 2.20. The van der Waals surface area contributed by atoms with Crippen molar-refractivity contribution < 1.29 is 13.6 Å². The molecule has 0 aromatic heterocycles. The van der Waals surface area contributed by atoms with Crippen molar-refractivity contribution in [2.24, 2.45) is 5.73 Å². The highest BCUT2D eigenvalue weighted by Gasteiger charge is 2.06. The normalized spacial score (nSPS) is 10.3. The predicted octanol–water partition coefficient (Wildman–Crippen LogP) is 3.33. The quantitative estimate of drug-likeness (QED) is 0.909. The van der Waals surface area contributed by atoms with Crippen LogP contribution in [-0.2, 0) is 6.54 Å². The van der Waals surface area contributed by atoms with E-state index in [2.05, 4.69) is 5.32 Å². The Kier molecular flexibility index (Phi) is 4.20. The van der Waals surface area contributed by atoms with Crippen LogP contribution in [0.3, 0.4) is 0 Å². The molecule has 0 fully saturated rings. The van der Waals surface area contributed by atoms with Crippen LogP contribution in [0.1, 0.15) is 15.9 Å². The van der Waals surface area contributed by atoms with Crippen LogP contribution >= 0.6 is 11.6 Å². The number of nitrogens with one attached hydrogen (secondary N) is 1. The summed E-state index contributed by atoms with van der Waals surface area (Å²) in [6, 6.07) is 7.76. The molecule has 3 nitrogen and oxygen atoms in total. The van der Waals surface area contributed by atoms with E-state index in [0.29, 0.717) is 21.8 Å². The molecule has 0 saturated carbocycles. The molecule has 2 rings (SSSR count). The van der Waals surface area contributed by atoms with Gasteiger partial charge in [0.25, 0.3) is 0 Å². The van der Waals surface area contributed by atoms with Crippen LogP contribution in [0.4, 0.5) is 14.5 Å². The van der Waals surface area contributed by atoms with Gasteiger partial charge in [-0.2, -0.15) is 0 Å². The molecule has 0 aliphatic carbocycles. The van der Waals surface area contributed by atoms with Gasteiger partial charge in [-0.05, 0) is 29.8 Å². The van der Waals surface area contributed by atoms with Gasteiger partial charge >= 0.3 is 0 Å². The van der Waals surface area contributed by atoms with Crippen molar-refractivity contribution in [3.63, 3.8) is 0 Å². The number of halogens is 3. The highest BCUT2D eigenvalue weighted by molar-refractivity contribution is 6.31. The lowest BCUT2D eigenvalue weighted by molar-refractivity contribution is 0.100. The Morgan fingerprint density at radius 3 is 2.35 bits per heavy atom. The maximum Gasteiger partial charge on any atom is 0.248 e. The third kappa shape index (κ3) is 3.45. The zero-order valence-electron chi connectivity index (χ0n) is 10.3. The number of nitrogens with two attached hydrogens (primary N) is 1. The molecule has 3 N–H and O–H groups in total. The second-order valence-corrected chi connectivity index (χ2v) is 4.59. The van der Waals surface area contributed by atoms with E-state index >= 15 is 0 Å². The van der Waals surface area contributed by atoms with E-state index in [9.17, 15) is 13.6 Å². The van der Waals surface area contributed by atoms with E-state index in [1.165, 1.54) is 24.3 Å². The lowest BCUT2D eigenvalue weighted by Gasteiger charge is -2.09. The molecule has 0 bridgehead atoms. The molecule has 0 aliphatic heterocycles. The zero-order chi connectivity index (χ0) is 14.7. The van der Waals surface area contributed by atoms with Gasteiger partial charge in [-0.15, -0.1) is 0 Å². The molecule has 1 amide bonds. The van der Waals surface area contributed by atoms with Gasteiger partial charge in [0.15, 0.2) is 0 Å². The number of anilines is 1. The van der Waals surface area contributed by atoms with Crippen LogP contribution in [0.5, 0.6) is 0 Å². The number of rotatable bonds is 4. The van der Waals surface area contributed by atoms with Crippen molar-refractivity contribution >= 4 is 23.2 Å². The smallest absolute Gasteiger partial charge is 0.248 e. The molecule has 20 heavy (non-hydrogen) atoms. The van der Waals surface area contributed by atoms with Crippen LogP contribution in [0.2, 0.25) is 5.02 Å². The standard InChI is InChI=1S/C14H11ClF2N2O/c15-13-3-8(14(18)20)1-2-9(13)7-19-12-5-10(16)4-11(17)6-12/h1-6,19H,7H2,(H2,18,20). The average Bonchev–Trinajstić information content (AvgIpc) is 2.36. The maximum atomic E-state index is 13.0. The number of amides is 1. The Balaban J connectivity index is 2.12. The third-order valence-corrected chi connectivity index (χ3v) is 3.03. The minimum atomic E-state index is -0.664. The fourth-order valence-electron chi connectivity index (χ4n) is 1.70. The lowest BCUT2D eigenvalue weighted by Crippen LogP contribution is -2.11. The minimum Gasteiger partial charge on any atom is -0.381 e. The van der Waals surface area contributed by atoms with Gasteiger partial charge in [0.1, 0.15) is 11.6 Å². The predicted molar refractivity (Wildman–Crippen MR) is 73.7 cm³/mol. The van der Waals surface area contributed by atoms with Crippen LogP contribution in [0, 0.1) is 11.6 Å². The Hall–Kier alpha value is -2.14. The Morgan fingerprint density at radius 1 is 1.15 bits per heavy atom. The van der Waals surface area contributed by atoms with Crippen LogP contribution < -0.4 is 11.1 Å². The number of hydrogen-bond acceptors (Lipinski definition) is 2. The lowest BCUT2D eigenvalue weighted by atomic mass is 10.1. The number of benzene rings is 2. The number of hydrogen-bond donors (Lipinski definition) is 2. The van der Waals surface area contributed by atoms with E-state index in [1.54, 1.807) is 6.07 Å². The molecular formula is C14H11ClF2N2O. The monoisotopic (exact) mass is 296 g/mol. The average molecular weight is 297 g/mol. The zero-order valence-corrected chi connectivity index (χ0v) is 11.0. The van der Waals surface area contributed by atoms with Crippen molar-refractivity contribution in [1.82, 2.24) is 0 Å². The van der Waals surface area contributed by atoms with Gasteiger partial charge in [0, 0.05) is 28.9 Å². The van der Waals surface area contributed by atoms with E-state index in [1.807, 2.05) is 0 Å². The minimum absolute atomic E-state index is 0.265. The summed E-state index contributed by atoms with van der Waals surface area (Å²) in [6.45, 7) is 0.265. The maximum absolute atomic E-state index is 13.0. The fourth-order valence-corrected chi connectivity index (χ4v) is 1.94. The molecule has 104 valence electrons. The second kappa shape index (κ2) is 5.88. The number of carbonyl (C=O) groups excluding carboxylic acids is 1. The van der Waals surface area contributed by atoms with Gasteiger partial charge in [-0.3, -0.25) is 4.79 Å². The highest BCUT2D eigenvalue weighted by atomic mass is 35.5. The van der Waals surface area contributed by atoms with Crippen LogP contribution in [0.25, 0.3) is 0 Å². The van der Waals surface area contributed by atoms with Gasteiger partial charge < -0.3 is 11.1 Å². The van der Waals surface area contributed by atoms with Crippen molar-refractivity contribution in [3.8, 4) is 0 Å². The van der Waals surface area contributed by atoms with Crippen LogP contribution in [0.15, 0.2) is 36.4 Å². The molecule has 6 heteroatoms. The SMILES string of the molecule is NC(=O)c1ccc(CNc2cc(F)cc(F)c2)c(Cl)c1. The Labute approximate surface area is 119 Å². The molecular weight excluding hydrogens is 286 g/mol. The van der Waals surface area contributed by atoms with Crippen molar-refractivity contribution in [3.05, 3.63) is 64.2 Å². The summed E-state index contributed by atoms with van der Waals surface area (Å²) in [4.78, 5) is 11.0. The van der Waals surface area contributed by atoms with Gasteiger partial charge in [-0.25, -0.2) is 8.78 Å². The first-order valence-electron chi connectivity index (χ1n) is 5.74. The molecule has 0 saturated heterocycles. The summed E-state index contributed by atoms with van der Waals surface area (Å²) in [5, 5.41) is 3.20. The second-order valence-electron chi connectivity index (χ2n) is 4.18. The Morgan fingerprint density at radius 2 is 1.80 bits per heavy atom. The fraction of sp³-hybridized carbons (Fsp3) is 0.0714. The number of primary amides is 1. The first kappa shape index (κ1) is 14.3. The summed E-state index contributed by atoms with van der Waals surface area (Å²) in [6.07, 6.45) is 0. The third-order valence-electron chi connectivity index (χ3n) is 2.68. The summed E-state index contributed by atoms with van der Waals surface area (Å²) in [5.74, 6) is -1.90. The molecule has 0 aliphatic rings. The van der Waals surface area contributed by atoms with Crippen molar-refractivity contribution in [1.29, 1.82) is 0 Å². The number of carbonyl (C=O) groups is 1. The van der Waals surface area contributed by atoms with Gasteiger partial charge in [0.05, 0.1) is 0 Å². The summed E-state index contributed by atoms with van der Waals surface area (Å²) in [5.41, 5.74) is 6.42. The topological polar surface area (TPSA) is 55.1 Å². The van der Waals surface area contributed by atoms with E-state index < -0.39 is 17.5 Å². The van der Waals surface area contributed by atoms with Crippen molar-refractivity contribution in [2.45, 2.75) is 6.54 Å². The molecule has 0 spiro atoms. The Bertz CT molecular complexity index is 641. The van der Waals surface area contributed by atoms with Crippen molar-refractivity contribution in [2.75, 3.05) is 5.32 Å². The largest absolute Gasteiger partial charge is 0.381 e. The first-order chi connectivity index (χ1) is 9.45. The molecule has 0 heterocycles. The summed E-state index contributed by atoms with van der Waals surface area (Å²) in [7, 11) is 0. The molecule has 2 aromatic rings. The molecule has 0 radical (unpaired) electrons.